The molecule has 1 atom stereocenters. The van der Waals surface area contributed by atoms with Crippen molar-refractivity contribution in [3.05, 3.63) is 10.8 Å². The van der Waals surface area contributed by atoms with Gasteiger partial charge in [0, 0.05) is 6.54 Å². The molecule has 0 aromatic carbocycles. The van der Waals surface area contributed by atoms with Crippen LogP contribution < -0.4 is 10.1 Å². The summed E-state index contributed by atoms with van der Waals surface area (Å²) in [5.41, 5.74) is 0. The van der Waals surface area contributed by atoms with Gasteiger partial charge in [0.05, 0.1) is 0 Å². The quantitative estimate of drug-likeness (QED) is 0.851. The zero-order valence-corrected chi connectivity index (χ0v) is 10.2. The number of aromatic nitrogens is 2. The Morgan fingerprint density at radius 1 is 1.67 bits per heavy atom. The van der Waals surface area contributed by atoms with Gasteiger partial charge in [0.25, 0.3) is 0 Å². The van der Waals surface area contributed by atoms with E-state index in [9.17, 15) is 0 Å². The van der Waals surface area contributed by atoms with Gasteiger partial charge in [-0.3, -0.25) is 0 Å². The molecule has 5 heteroatoms. The fourth-order valence-electron chi connectivity index (χ4n) is 0.928. The lowest BCUT2D eigenvalue weighted by atomic mass is 10.4. The van der Waals surface area contributed by atoms with Gasteiger partial charge in [-0.2, -0.15) is 0 Å². The van der Waals surface area contributed by atoms with Crippen LogP contribution in [-0.2, 0) is 0 Å². The van der Waals surface area contributed by atoms with E-state index >= 15 is 0 Å². The molecule has 1 rings (SSSR count). The van der Waals surface area contributed by atoms with Crippen molar-refractivity contribution >= 4 is 21.7 Å². The van der Waals surface area contributed by atoms with Crippen LogP contribution in [-0.4, -0.2) is 22.6 Å². The number of terminal acetylenes is 1. The molecule has 4 nitrogen and oxygen atoms in total. The van der Waals surface area contributed by atoms with Crippen LogP contribution in [0, 0.1) is 12.3 Å². The van der Waals surface area contributed by atoms with Gasteiger partial charge in [-0.15, -0.1) is 6.42 Å². The lowest BCUT2D eigenvalue weighted by molar-refractivity contribution is 0.265. The van der Waals surface area contributed by atoms with E-state index in [1.165, 1.54) is 6.33 Å². The Bertz CT molecular complexity index is 375. The molecule has 0 amide bonds. The minimum Gasteiger partial charge on any atom is -0.461 e. The Balaban J connectivity index is 2.90. The van der Waals surface area contributed by atoms with Crippen molar-refractivity contribution in [2.45, 2.75) is 20.0 Å². The second-order valence-corrected chi connectivity index (χ2v) is 3.59. The van der Waals surface area contributed by atoms with E-state index in [0.29, 0.717) is 16.2 Å². The molecule has 1 aromatic heterocycles. The van der Waals surface area contributed by atoms with Crippen molar-refractivity contribution in [1.29, 1.82) is 0 Å². The summed E-state index contributed by atoms with van der Waals surface area (Å²) < 4.78 is 6.10. The average Bonchev–Trinajstić information content (AvgIpc) is 2.24. The highest BCUT2D eigenvalue weighted by Gasteiger charge is 2.10. The second kappa shape index (κ2) is 5.56. The third-order valence-corrected chi connectivity index (χ3v) is 2.34. The van der Waals surface area contributed by atoms with Crippen LogP contribution in [0.4, 0.5) is 5.82 Å². The number of nitrogens with zero attached hydrogens (tertiary/aromatic N) is 2. The number of nitrogens with one attached hydrogen (secondary N) is 1. The molecule has 1 N–H and O–H groups in total. The normalized spacial score (nSPS) is 11.6. The van der Waals surface area contributed by atoms with Crippen LogP contribution >= 0.6 is 15.9 Å². The van der Waals surface area contributed by atoms with E-state index in [0.717, 1.165) is 6.54 Å². The molecule has 0 fully saturated rings. The van der Waals surface area contributed by atoms with Crippen LogP contribution in [0.5, 0.6) is 5.88 Å². The maximum atomic E-state index is 5.41. The molecule has 0 radical (unpaired) electrons. The molecule has 0 saturated heterocycles. The largest absolute Gasteiger partial charge is 0.461 e. The van der Waals surface area contributed by atoms with Gasteiger partial charge in [-0.25, -0.2) is 9.97 Å². The van der Waals surface area contributed by atoms with Crippen molar-refractivity contribution in [3.63, 3.8) is 0 Å². The fourth-order valence-corrected chi connectivity index (χ4v) is 1.37. The summed E-state index contributed by atoms with van der Waals surface area (Å²) in [5.74, 6) is 3.62. The first kappa shape index (κ1) is 11.8. The third kappa shape index (κ3) is 3.10. The molecule has 1 aromatic rings. The minimum atomic E-state index is -0.314. The van der Waals surface area contributed by atoms with E-state index in [2.05, 4.69) is 37.1 Å². The van der Waals surface area contributed by atoms with Gasteiger partial charge >= 0.3 is 0 Å². The van der Waals surface area contributed by atoms with Gasteiger partial charge in [0.2, 0.25) is 5.88 Å². The zero-order chi connectivity index (χ0) is 11.3. The number of halogens is 1. The summed E-state index contributed by atoms with van der Waals surface area (Å²) in [5, 5.41) is 3.08. The Kier molecular flexibility index (Phi) is 4.37. The van der Waals surface area contributed by atoms with Gasteiger partial charge in [-0.05, 0) is 29.8 Å². The molecule has 0 spiro atoms. The molecular formula is C10H12BrN3O. The van der Waals surface area contributed by atoms with Crippen molar-refractivity contribution in [2.75, 3.05) is 11.9 Å². The van der Waals surface area contributed by atoms with Gasteiger partial charge in [0.1, 0.15) is 16.6 Å². The van der Waals surface area contributed by atoms with Gasteiger partial charge < -0.3 is 10.1 Å². The number of anilines is 1. The van der Waals surface area contributed by atoms with E-state index in [4.69, 9.17) is 11.2 Å². The molecule has 0 saturated carbocycles. The topological polar surface area (TPSA) is 47.0 Å². The number of rotatable bonds is 4. The second-order valence-electron chi connectivity index (χ2n) is 2.80. The summed E-state index contributed by atoms with van der Waals surface area (Å²) in [7, 11) is 0. The van der Waals surface area contributed by atoms with Crippen molar-refractivity contribution in [2.24, 2.45) is 0 Å². The molecule has 0 aliphatic rings. The van der Waals surface area contributed by atoms with E-state index in [-0.39, 0.29) is 6.10 Å². The highest BCUT2D eigenvalue weighted by molar-refractivity contribution is 9.10. The van der Waals surface area contributed by atoms with Crippen LogP contribution in [0.15, 0.2) is 10.8 Å². The zero-order valence-electron chi connectivity index (χ0n) is 8.62. The Labute approximate surface area is 97.6 Å². The molecule has 80 valence electrons. The lowest BCUT2D eigenvalue weighted by Gasteiger charge is -2.11. The molecule has 1 unspecified atom stereocenters. The van der Waals surface area contributed by atoms with Crippen LogP contribution in [0.3, 0.4) is 0 Å². The van der Waals surface area contributed by atoms with Crippen molar-refractivity contribution < 1.29 is 4.74 Å². The minimum absolute atomic E-state index is 0.314. The standard InChI is InChI=1S/C10H12BrN3O/c1-4-7(3)15-10-8(11)9(12-5-2)13-6-14-10/h1,6-7H,5H2,2-3H3,(H,12,13,14). The van der Waals surface area contributed by atoms with E-state index in [1.807, 2.05) is 6.92 Å². The first-order valence-electron chi connectivity index (χ1n) is 4.56. The predicted octanol–water partition coefficient (Wildman–Crippen LogP) is 2.07. The predicted molar refractivity (Wildman–Crippen MR) is 62.8 cm³/mol. The van der Waals surface area contributed by atoms with Crippen LogP contribution in [0.25, 0.3) is 0 Å². The van der Waals surface area contributed by atoms with E-state index in [1.54, 1.807) is 6.92 Å². The highest BCUT2D eigenvalue weighted by atomic mass is 79.9. The van der Waals surface area contributed by atoms with Crippen molar-refractivity contribution in [1.82, 2.24) is 9.97 Å². The average molecular weight is 270 g/mol. The Hall–Kier alpha value is -1.28. The van der Waals surface area contributed by atoms with Crippen LogP contribution in [0.2, 0.25) is 0 Å². The Morgan fingerprint density at radius 3 is 3.00 bits per heavy atom. The summed E-state index contributed by atoms with van der Waals surface area (Å²) in [6, 6.07) is 0. The first-order chi connectivity index (χ1) is 7.19. The SMILES string of the molecule is C#CC(C)Oc1ncnc(NCC)c1Br. The fraction of sp³-hybridized carbons (Fsp3) is 0.400. The smallest absolute Gasteiger partial charge is 0.234 e. The summed E-state index contributed by atoms with van der Waals surface area (Å²) in [6.07, 6.45) is 6.34. The van der Waals surface area contributed by atoms with Gasteiger partial charge in [0.15, 0.2) is 6.10 Å². The number of hydrogen-bond acceptors (Lipinski definition) is 4. The first-order valence-corrected chi connectivity index (χ1v) is 5.35. The maximum Gasteiger partial charge on any atom is 0.234 e. The lowest BCUT2D eigenvalue weighted by Crippen LogP contribution is -2.11. The number of hydrogen-bond donors (Lipinski definition) is 1. The molecular weight excluding hydrogens is 258 g/mol. The summed E-state index contributed by atoms with van der Waals surface area (Å²) in [4.78, 5) is 8.05. The Morgan fingerprint density at radius 2 is 2.40 bits per heavy atom. The van der Waals surface area contributed by atoms with Crippen LogP contribution in [0.1, 0.15) is 13.8 Å². The molecule has 0 aliphatic heterocycles. The molecule has 15 heavy (non-hydrogen) atoms. The molecule has 0 bridgehead atoms. The monoisotopic (exact) mass is 269 g/mol. The molecule has 0 aliphatic carbocycles. The third-order valence-electron chi connectivity index (χ3n) is 1.62. The summed E-state index contributed by atoms with van der Waals surface area (Å²) in [6.45, 7) is 4.54. The summed E-state index contributed by atoms with van der Waals surface area (Å²) >= 11 is 3.36. The van der Waals surface area contributed by atoms with Gasteiger partial charge in [-0.1, -0.05) is 5.92 Å². The highest BCUT2D eigenvalue weighted by Crippen LogP contribution is 2.28. The maximum absolute atomic E-state index is 5.41. The molecule has 1 heterocycles. The number of ether oxygens (including phenoxy) is 1. The van der Waals surface area contributed by atoms with Crippen molar-refractivity contribution in [3.8, 4) is 18.2 Å². The van der Waals surface area contributed by atoms with E-state index < -0.39 is 0 Å².